The number of nitrogens with two attached hydrogens (primary N) is 2. The van der Waals surface area contributed by atoms with Crippen molar-refractivity contribution in [1.82, 2.24) is 0 Å². The highest BCUT2D eigenvalue weighted by molar-refractivity contribution is 5.62. The number of benzene rings is 2. The summed E-state index contributed by atoms with van der Waals surface area (Å²) in [5.74, 6) is 0. The van der Waals surface area contributed by atoms with Crippen LogP contribution in [0.1, 0.15) is 36.1 Å². The summed E-state index contributed by atoms with van der Waals surface area (Å²) in [5, 5.41) is 0. The SMILES string of the molecule is Cc1ccc(N)c(C(C)(C)c2cc(C(F)(F)F)ccc2N)c1. The van der Waals surface area contributed by atoms with Crippen LogP contribution in [0.3, 0.4) is 0 Å². The lowest BCUT2D eigenvalue weighted by Gasteiger charge is -2.30. The van der Waals surface area contributed by atoms with E-state index in [0.29, 0.717) is 16.9 Å². The molecule has 0 bridgehead atoms. The van der Waals surface area contributed by atoms with Crippen molar-refractivity contribution in [3.8, 4) is 0 Å². The lowest BCUT2D eigenvalue weighted by molar-refractivity contribution is -0.137. The summed E-state index contributed by atoms with van der Waals surface area (Å²) >= 11 is 0. The Morgan fingerprint density at radius 1 is 0.818 bits per heavy atom. The normalized spacial score (nSPS) is 12.5. The molecule has 2 rings (SSSR count). The Morgan fingerprint density at radius 2 is 1.32 bits per heavy atom. The standard InChI is InChI=1S/C17H19F3N2/c1-10-4-6-14(21)12(8-10)16(2,3)13-9-11(17(18,19)20)5-7-15(13)22/h4-9H,21-22H2,1-3H3. The fourth-order valence-corrected chi connectivity index (χ4v) is 2.63. The van der Waals surface area contributed by atoms with E-state index in [1.54, 1.807) is 6.07 Å². The van der Waals surface area contributed by atoms with Crippen LogP contribution in [0, 0.1) is 6.92 Å². The lowest BCUT2D eigenvalue weighted by Crippen LogP contribution is -2.23. The number of anilines is 2. The third kappa shape index (κ3) is 2.89. The van der Waals surface area contributed by atoms with E-state index in [-0.39, 0.29) is 0 Å². The Morgan fingerprint density at radius 3 is 1.86 bits per heavy atom. The highest BCUT2D eigenvalue weighted by Crippen LogP contribution is 2.41. The van der Waals surface area contributed by atoms with Crippen LogP contribution in [0.2, 0.25) is 0 Å². The van der Waals surface area contributed by atoms with Crippen molar-refractivity contribution in [3.05, 3.63) is 58.7 Å². The van der Waals surface area contributed by atoms with Crippen molar-refractivity contribution in [3.63, 3.8) is 0 Å². The molecule has 118 valence electrons. The summed E-state index contributed by atoms with van der Waals surface area (Å²) in [7, 11) is 0. The number of alkyl halides is 3. The number of halogens is 3. The molecule has 0 heterocycles. The molecule has 0 amide bonds. The Labute approximate surface area is 127 Å². The van der Waals surface area contributed by atoms with E-state index < -0.39 is 17.2 Å². The van der Waals surface area contributed by atoms with Crippen molar-refractivity contribution >= 4 is 11.4 Å². The van der Waals surface area contributed by atoms with E-state index in [1.165, 1.54) is 6.07 Å². The molecular formula is C17H19F3N2. The molecule has 0 saturated carbocycles. The lowest BCUT2D eigenvalue weighted by atomic mass is 9.75. The van der Waals surface area contributed by atoms with Gasteiger partial charge in [-0.3, -0.25) is 0 Å². The summed E-state index contributed by atoms with van der Waals surface area (Å²) < 4.78 is 38.9. The summed E-state index contributed by atoms with van der Waals surface area (Å²) in [6.07, 6.45) is -4.41. The van der Waals surface area contributed by atoms with Gasteiger partial charge in [0.2, 0.25) is 0 Å². The third-order valence-electron chi connectivity index (χ3n) is 3.94. The molecule has 22 heavy (non-hydrogen) atoms. The van der Waals surface area contributed by atoms with Gasteiger partial charge in [-0.25, -0.2) is 0 Å². The smallest absolute Gasteiger partial charge is 0.398 e. The second-order valence-corrected chi connectivity index (χ2v) is 6.02. The van der Waals surface area contributed by atoms with E-state index in [2.05, 4.69) is 0 Å². The van der Waals surface area contributed by atoms with Crippen LogP contribution in [-0.4, -0.2) is 0 Å². The first-order valence-corrected chi connectivity index (χ1v) is 6.87. The fourth-order valence-electron chi connectivity index (χ4n) is 2.63. The second kappa shape index (κ2) is 5.23. The van der Waals surface area contributed by atoms with E-state index in [0.717, 1.165) is 23.3 Å². The number of aryl methyl sites for hydroxylation is 1. The number of hydrogen-bond donors (Lipinski definition) is 2. The van der Waals surface area contributed by atoms with Crippen LogP contribution in [0.25, 0.3) is 0 Å². The molecule has 5 heteroatoms. The predicted octanol–water partition coefficient (Wildman–Crippen LogP) is 4.50. The predicted molar refractivity (Wildman–Crippen MR) is 83.6 cm³/mol. The molecule has 0 fully saturated rings. The molecule has 4 N–H and O–H groups in total. The van der Waals surface area contributed by atoms with Gasteiger partial charge in [-0.15, -0.1) is 0 Å². The highest BCUT2D eigenvalue weighted by Gasteiger charge is 2.34. The maximum atomic E-state index is 13.0. The van der Waals surface area contributed by atoms with E-state index in [1.807, 2.05) is 32.9 Å². The number of hydrogen-bond acceptors (Lipinski definition) is 2. The number of rotatable bonds is 2. The monoisotopic (exact) mass is 308 g/mol. The zero-order valence-electron chi connectivity index (χ0n) is 12.8. The van der Waals surface area contributed by atoms with Crippen molar-refractivity contribution in [2.75, 3.05) is 11.5 Å². The molecule has 2 nitrogen and oxygen atoms in total. The first-order valence-electron chi connectivity index (χ1n) is 6.87. The van der Waals surface area contributed by atoms with Crippen LogP contribution < -0.4 is 11.5 Å². The Hall–Kier alpha value is -2.17. The minimum absolute atomic E-state index is 0.318. The third-order valence-corrected chi connectivity index (χ3v) is 3.94. The summed E-state index contributed by atoms with van der Waals surface area (Å²) in [6.45, 7) is 5.56. The van der Waals surface area contributed by atoms with Gasteiger partial charge in [-0.1, -0.05) is 31.5 Å². The molecule has 0 unspecified atom stereocenters. The Kier molecular flexibility index (Phi) is 3.85. The van der Waals surface area contributed by atoms with Gasteiger partial charge in [0, 0.05) is 16.8 Å². The largest absolute Gasteiger partial charge is 0.416 e. The molecule has 2 aromatic carbocycles. The maximum absolute atomic E-state index is 13.0. The van der Waals surface area contributed by atoms with E-state index in [9.17, 15) is 13.2 Å². The molecule has 0 aromatic heterocycles. The molecule has 0 aliphatic heterocycles. The van der Waals surface area contributed by atoms with Crippen LogP contribution in [0.15, 0.2) is 36.4 Å². The molecular weight excluding hydrogens is 289 g/mol. The fraction of sp³-hybridized carbons (Fsp3) is 0.294. The van der Waals surface area contributed by atoms with E-state index >= 15 is 0 Å². The summed E-state index contributed by atoms with van der Waals surface area (Å²) in [4.78, 5) is 0. The molecule has 2 aromatic rings. The first-order chi connectivity index (χ1) is 10.0. The average molecular weight is 308 g/mol. The minimum atomic E-state index is -4.41. The van der Waals surface area contributed by atoms with Crippen LogP contribution in [-0.2, 0) is 11.6 Å². The van der Waals surface area contributed by atoms with Crippen molar-refractivity contribution in [1.29, 1.82) is 0 Å². The van der Waals surface area contributed by atoms with Gasteiger partial charge in [0.1, 0.15) is 0 Å². The van der Waals surface area contributed by atoms with Gasteiger partial charge in [0.25, 0.3) is 0 Å². The van der Waals surface area contributed by atoms with Crippen molar-refractivity contribution < 1.29 is 13.2 Å². The van der Waals surface area contributed by atoms with Crippen LogP contribution >= 0.6 is 0 Å². The number of nitrogen functional groups attached to an aromatic ring is 2. The Bertz CT molecular complexity index is 704. The van der Waals surface area contributed by atoms with Gasteiger partial charge in [-0.2, -0.15) is 13.2 Å². The zero-order chi connectivity index (χ0) is 16.7. The van der Waals surface area contributed by atoms with Gasteiger partial charge < -0.3 is 11.5 Å². The quantitative estimate of drug-likeness (QED) is 0.802. The van der Waals surface area contributed by atoms with E-state index in [4.69, 9.17) is 11.5 Å². The molecule has 0 spiro atoms. The van der Waals surface area contributed by atoms with Gasteiger partial charge >= 0.3 is 6.18 Å². The molecule has 0 atom stereocenters. The van der Waals surface area contributed by atoms with Crippen LogP contribution in [0.4, 0.5) is 24.5 Å². The van der Waals surface area contributed by atoms with Gasteiger partial charge in [0.15, 0.2) is 0 Å². The molecule has 0 radical (unpaired) electrons. The van der Waals surface area contributed by atoms with Crippen LogP contribution in [0.5, 0.6) is 0 Å². The highest BCUT2D eigenvalue weighted by atomic mass is 19.4. The molecule has 0 aliphatic rings. The van der Waals surface area contributed by atoms with Gasteiger partial charge in [-0.05, 0) is 42.3 Å². The Balaban J connectivity index is 2.65. The van der Waals surface area contributed by atoms with Crippen molar-refractivity contribution in [2.24, 2.45) is 0 Å². The zero-order valence-corrected chi connectivity index (χ0v) is 12.8. The second-order valence-electron chi connectivity index (χ2n) is 6.02. The average Bonchev–Trinajstić information content (AvgIpc) is 2.40. The first kappa shape index (κ1) is 16.2. The minimum Gasteiger partial charge on any atom is -0.398 e. The van der Waals surface area contributed by atoms with Gasteiger partial charge in [0.05, 0.1) is 5.56 Å². The summed E-state index contributed by atoms with van der Waals surface area (Å²) in [6, 6.07) is 8.91. The maximum Gasteiger partial charge on any atom is 0.416 e. The molecule has 0 saturated heterocycles. The summed E-state index contributed by atoms with van der Waals surface area (Å²) in [5.41, 5.74) is 13.5. The van der Waals surface area contributed by atoms with Crippen molar-refractivity contribution in [2.45, 2.75) is 32.4 Å². The molecule has 0 aliphatic carbocycles. The topological polar surface area (TPSA) is 52.0 Å².